The smallest absolute Gasteiger partial charge is 0.120 e. The molecule has 0 heterocycles. The first kappa shape index (κ1) is 14.6. The Morgan fingerprint density at radius 1 is 1.15 bits per heavy atom. The minimum Gasteiger partial charge on any atom is -0.494 e. The maximum absolute atomic E-state index is 12.5. The molecule has 0 fully saturated rings. The van der Waals surface area contributed by atoms with Crippen LogP contribution < -0.4 is 10.5 Å². The van der Waals surface area contributed by atoms with Crippen molar-refractivity contribution in [1.29, 1.82) is 0 Å². The van der Waals surface area contributed by atoms with E-state index in [1.807, 2.05) is 38.1 Å². The van der Waals surface area contributed by atoms with Gasteiger partial charge in [-0.25, -0.2) is 0 Å². The Bertz CT molecular complexity index is 608. The number of ether oxygens (including phenoxy) is 1. The van der Waals surface area contributed by atoms with Crippen molar-refractivity contribution in [2.45, 2.75) is 24.5 Å². The van der Waals surface area contributed by atoms with Crippen molar-refractivity contribution in [1.82, 2.24) is 0 Å². The summed E-state index contributed by atoms with van der Waals surface area (Å²) in [6.45, 7) is 4.53. The summed E-state index contributed by atoms with van der Waals surface area (Å²) in [5.74, 6) is 1.16. The molecule has 0 amide bonds. The average molecular weight is 289 g/mol. The Morgan fingerprint density at radius 2 is 1.85 bits per heavy atom. The van der Waals surface area contributed by atoms with Crippen molar-refractivity contribution < 1.29 is 8.95 Å². The van der Waals surface area contributed by atoms with Crippen molar-refractivity contribution in [2.24, 2.45) is 0 Å². The fourth-order valence-corrected chi connectivity index (χ4v) is 3.11. The van der Waals surface area contributed by atoms with E-state index in [0.29, 0.717) is 28.7 Å². The molecule has 2 aromatic carbocycles. The standard InChI is InChI=1S/C16H19NO2S/c1-3-19-14-8-9-15(17)16(10-14)20(18)11-13-6-4-12(2)5-7-13/h4-10H,3,11,17H2,1-2H3. The molecule has 1 unspecified atom stereocenters. The van der Waals surface area contributed by atoms with Gasteiger partial charge >= 0.3 is 0 Å². The van der Waals surface area contributed by atoms with Gasteiger partial charge in [-0.3, -0.25) is 4.21 Å². The summed E-state index contributed by atoms with van der Waals surface area (Å²) in [5.41, 5.74) is 8.69. The molecule has 0 aliphatic rings. The van der Waals surface area contributed by atoms with E-state index in [2.05, 4.69) is 0 Å². The number of hydrogen-bond acceptors (Lipinski definition) is 3. The van der Waals surface area contributed by atoms with Gasteiger partial charge in [-0.15, -0.1) is 0 Å². The van der Waals surface area contributed by atoms with Crippen molar-refractivity contribution in [3.8, 4) is 5.75 Å². The minimum absolute atomic E-state index is 0.458. The van der Waals surface area contributed by atoms with E-state index in [0.717, 1.165) is 5.56 Å². The first-order chi connectivity index (χ1) is 9.60. The van der Waals surface area contributed by atoms with E-state index < -0.39 is 10.8 Å². The number of nitrogen functional groups attached to an aromatic ring is 1. The van der Waals surface area contributed by atoms with Gasteiger partial charge < -0.3 is 10.5 Å². The van der Waals surface area contributed by atoms with Crippen molar-refractivity contribution in [3.63, 3.8) is 0 Å². The molecule has 0 spiro atoms. The molecule has 0 aliphatic heterocycles. The molecule has 0 saturated carbocycles. The molecule has 0 saturated heterocycles. The summed E-state index contributed by atoms with van der Waals surface area (Å²) in [7, 11) is -1.17. The van der Waals surface area contributed by atoms with Crippen LogP contribution in [-0.4, -0.2) is 10.8 Å². The molecule has 2 rings (SSSR count). The highest BCUT2D eigenvalue weighted by Gasteiger charge is 2.10. The first-order valence-corrected chi connectivity index (χ1v) is 7.88. The number of hydrogen-bond donors (Lipinski definition) is 1. The van der Waals surface area contributed by atoms with Crippen molar-refractivity contribution in [2.75, 3.05) is 12.3 Å². The monoisotopic (exact) mass is 289 g/mol. The van der Waals surface area contributed by atoms with Gasteiger partial charge in [0.2, 0.25) is 0 Å². The van der Waals surface area contributed by atoms with E-state index in [-0.39, 0.29) is 0 Å². The Balaban J connectivity index is 2.19. The molecule has 0 aromatic heterocycles. The van der Waals surface area contributed by atoms with Gasteiger partial charge in [-0.05, 0) is 37.6 Å². The van der Waals surface area contributed by atoms with Crippen LogP contribution in [0.1, 0.15) is 18.1 Å². The minimum atomic E-state index is -1.17. The Hall–Kier alpha value is -1.81. The molecular weight excluding hydrogens is 270 g/mol. The summed E-state index contributed by atoms with van der Waals surface area (Å²) in [5, 5.41) is 0. The molecule has 0 radical (unpaired) electrons. The maximum atomic E-state index is 12.5. The molecule has 0 bridgehead atoms. The van der Waals surface area contributed by atoms with Gasteiger partial charge in [0.1, 0.15) is 5.75 Å². The third-order valence-corrected chi connectivity index (χ3v) is 4.40. The van der Waals surface area contributed by atoms with E-state index >= 15 is 0 Å². The highest BCUT2D eigenvalue weighted by molar-refractivity contribution is 7.84. The van der Waals surface area contributed by atoms with Gasteiger partial charge in [-0.1, -0.05) is 29.8 Å². The van der Waals surface area contributed by atoms with Gasteiger partial charge in [0.15, 0.2) is 0 Å². The summed E-state index contributed by atoms with van der Waals surface area (Å²) >= 11 is 0. The second-order valence-corrected chi connectivity index (χ2v) is 6.03. The number of aryl methyl sites for hydroxylation is 1. The average Bonchev–Trinajstić information content (AvgIpc) is 2.43. The number of nitrogens with two attached hydrogens (primary N) is 1. The van der Waals surface area contributed by atoms with Crippen LogP contribution in [0.3, 0.4) is 0 Å². The van der Waals surface area contributed by atoms with Crippen LogP contribution in [0.5, 0.6) is 5.75 Å². The number of anilines is 1. The first-order valence-electron chi connectivity index (χ1n) is 6.56. The zero-order chi connectivity index (χ0) is 14.5. The molecule has 20 heavy (non-hydrogen) atoms. The lowest BCUT2D eigenvalue weighted by atomic mass is 10.2. The van der Waals surface area contributed by atoms with Crippen LogP contribution in [-0.2, 0) is 16.6 Å². The molecule has 2 N–H and O–H groups in total. The molecular formula is C16H19NO2S. The zero-order valence-electron chi connectivity index (χ0n) is 11.8. The lowest BCUT2D eigenvalue weighted by Crippen LogP contribution is -2.02. The van der Waals surface area contributed by atoms with E-state index in [9.17, 15) is 4.21 Å². The number of rotatable bonds is 5. The topological polar surface area (TPSA) is 52.3 Å². The molecule has 1 atom stereocenters. The Labute approximate surface area is 122 Å². The third-order valence-electron chi connectivity index (χ3n) is 2.96. The summed E-state index contributed by atoms with van der Waals surface area (Å²) < 4.78 is 17.9. The lowest BCUT2D eigenvalue weighted by molar-refractivity contribution is 0.339. The van der Waals surface area contributed by atoms with Crippen LogP contribution in [0.15, 0.2) is 47.4 Å². The van der Waals surface area contributed by atoms with E-state index in [1.54, 1.807) is 18.2 Å². The van der Waals surface area contributed by atoms with Crippen molar-refractivity contribution >= 4 is 16.5 Å². The highest BCUT2D eigenvalue weighted by Crippen LogP contribution is 2.24. The van der Waals surface area contributed by atoms with Crippen molar-refractivity contribution in [3.05, 3.63) is 53.6 Å². The fraction of sp³-hybridized carbons (Fsp3) is 0.250. The Kier molecular flexibility index (Phi) is 4.79. The molecule has 2 aromatic rings. The van der Waals surface area contributed by atoms with Crippen LogP contribution in [0.2, 0.25) is 0 Å². The molecule has 4 heteroatoms. The molecule has 3 nitrogen and oxygen atoms in total. The second-order valence-electron chi connectivity index (χ2n) is 4.61. The van der Waals surface area contributed by atoms with Crippen LogP contribution in [0.25, 0.3) is 0 Å². The normalized spacial score (nSPS) is 12.1. The molecule has 0 aliphatic carbocycles. The van der Waals surface area contributed by atoms with E-state index in [1.165, 1.54) is 5.56 Å². The van der Waals surface area contributed by atoms with Gasteiger partial charge in [0.25, 0.3) is 0 Å². The van der Waals surface area contributed by atoms with Gasteiger partial charge in [0, 0.05) is 5.69 Å². The molecule has 106 valence electrons. The lowest BCUT2D eigenvalue weighted by Gasteiger charge is -2.09. The Morgan fingerprint density at radius 3 is 2.50 bits per heavy atom. The fourth-order valence-electron chi connectivity index (χ4n) is 1.88. The largest absolute Gasteiger partial charge is 0.494 e. The summed E-state index contributed by atoms with van der Waals surface area (Å²) in [6, 6.07) is 13.3. The quantitative estimate of drug-likeness (QED) is 0.859. The highest BCUT2D eigenvalue weighted by atomic mass is 32.2. The predicted octanol–water partition coefficient (Wildman–Crippen LogP) is 3.28. The summed E-state index contributed by atoms with van der Waals surface area (Å²) in [6.07, 6.45) is 0. The van der Waals surface area contributed by atoms with E-state index in [4.69, 9.17) is 10.5 Å². The predicted molar refractivity (Wildman–Crippen MR) is 83.3 cm³/mol. The maximum Gasteiger partial charge on any atom is 0.120 e. The number of benzene rings is 2. The van der Waals surface area contributed by atoms with Gasteiger partial charge in [-0.2, -0.15) is 0 Å². The van der Waals surface area contributed by atoms with Crippen LogP contribution >= 0.6 is 0 Å². The van der Waals surface area contributed by atoms with Gasteiger partial charge in [0.05, 0.1) is 28.1 Å². The van der Waals surface area contributed by atoms with Crippen LogP contribution in [0.4, 0.5) is 5.69 Å². The second kappa shape index (κ2) is 6.57. The third kappa shape index (κ3) is 3.61. The summed E-state index contributed by atoms with van der Waals surface area (Å²) in [4.78, 5) is 0.636. The SMILES string of the molecule is CCOc1ccc(N)c(S(=O)Cc2ccc(C)cc2)c1. The zero-order valence-corrected chi connectivity index (χ0v) is 12.6. The van der Waals surface area contributed by atoms with Crippen LogP contribution in [0, 0.1) is 6.92 Å².